The minimum atomic E-state index is -0.531. The summed E-state index contributed by atoms with van der Waals surface area (Å²) >= 11 is 0. The van der Waals surface area contributed by atoms with Crippen molar-refractivity contribution < 1.29 is 10.2 Å². The van der Waals surface area contributed by atoms with Gasteiger partial charge in [-0.05, 0) is 73.8 Å². The maximum absolute atomic E-state index is 10.9. The van der Waals surface area contributed by atoms with Crippen molar-refractivity contribution in [1.29, 1.82) is 0 Å². The number of aliphatic hydroxyl groups is 1. The quantitative estimate of drug-likeness (QED) is 0.654. The van der Waals surface area contributed by atoms with Gasteiger partial charge in [-0.1, -0.05) is 6.07 Å². The Morgan fingerprint density at radius 3 is 2.79 bits per heavy atom. The highest BCUT2D eigenvalue weighted by Gasteiger charge is 2.57. The van der Waals surface area contributed by atoms with Gasteiger partial charge in [-0.25, -0.2) is 9.98 Å². The number of H-pyrrole nitrogens is 1. The molecule has 7 rings (SSSR count). The zero-order valence-electron chi connectivity index (χ0n) is 15.5. The van der Waals surface area contributed by atoms with E-state index in [2.05, 4.69) is 25.3 Å². The molecule has 1 aliphatic heterocycles. The third-order valence-electron chi connectivity index (χ3n) is 6.83. The van der Waals surface area contributed by atoms with Gasteiger partial charge in [0, 0.05) is 5.54 Å². The summed E-state index contributed by atoms with van der Waals surface area (Å²) in [5.74, 6) is 1.72. The summed E-state index contributed by atoms with van der Waals surface area (Å²) in [6.45, 7) is 0. The highest BCUT2D eigenvalue weighted by Crippen LogP contribution is 2.58. The summed E-state index contributed by atoms with van der Waals surface area (Å²) in [5.41, 5.74) is 0.735. The van der Waals surface area contributed by atoms with Crippen LogP contribution in [0.5, 0.6) is 5.88 Å². The average Bonchev–Trinajstić information content (AvgIpc) is 3.18. The van der Waals surface area contributed by atoms with Crippen LogP contribution in [0.25, 0.3) is 6.08 Å². The molecule has 4 saturated carbocycles. The Morgan fingerprint density at radius 2 is 2.00 bits per heavy atom. The molecule has 1 aromatic carbocycles. The summed E-state index contributed by atoms with van der Waals surface area (Å²) in [5, 5.41) is 26.6. The largest absolute Gasteiger partial charge is 0.492 e. The Kier molecular flexibility index (Phi) is 3.17. The predicted molar refractivity (Wildman–Crippen MR) is 105 cm³/mol. The molecule has 0 saturated heterocycles. The van der Waals surface area contributed by atoms with Crippen molar-refractivity contribution in [3.8, 4) is 5.88 Å². The Balaban J connectivity index is 1.30. The molecule has 7 heteroatoms. The lowest BCUT2D eigenvalue weighted by Crippen LogP contribution is -2.62. The van der Waals surface area contributed by atoms with Crippen LogP contribution in [0.1, 0.15) is 44.2 Å². The Bertz CT molecular complexity index is 1100. The third-order valence-corrected chi connectivity index (χ3v) is 6.83. The third kappa shape index (κ3) is 2.57. The fraction of sp³-hybridized carbons (Fsp3) is 0.476. The summed E-state index contributed by atoms with van der Waals surface area (Å²) in [7, 11) is 0. The fourth-order valence-electron chi connectivity index (χ4n) is 6.31. The zero-order chi connectivity index (χ0) is 18.9. The molecular weight excluding hydrogens is 354 g/mol. The number of aromatic hydroxyl groups is 1. The first-order valence-electron chi connectivity index (χ1n) is 9.99. The van der Waals surface area contributed by atoms with Crippen LogP contribution in [-0.4, -0.2) is 37.7 Å². The zero-order valence-corrected chi connectivity index (χ0v) is 15.5. The molecule has 2 heterocycles. The van der Waals surface area contributed by atoms with Gasteiger partial charge in [0.2, 0.25) is 11.8 Å². The lowest BCUT2D eigenvalue weighted by Gasteiger charge is -2.60. The number of aromatic amines is 1. The van der Waals surface area contributed by atoms with Gasteiger partial charge in [0.05, 0.1) is 16.6 Å². The fourth-order valence-corrected chi connectivity index (χ4v) is 6.31. The average molecular weight is 377 g/mol. The van der Waals surface area contributed by atoms with E-state index in [0.717, 1.165) is 48.4 Å². The van der Waals surface area contributed by atoms with Crippen molar-refractivity contribution >= 4 is 24.1 Å². The molecule has 4 N–H and O–H groups in total. The first-order chi connectivity index (χ1) is 13.5. The molecule has 2 atom stereocenters. The molecule has 0 radical (unpaired) electrons. The molecule has 2 aromatic rings. The van der Waals surface area contributed by atoms with Crippen LogP contribution in [0.2, 0.25) is 0 Å². The molecule has 7 nitrogen and oxygen atoms in total. The van der Waals surface area contributed by atoms with Crippen molar-refractivity contribution in [2.24, 2.45) is 21.8 Å². The lowest BCUT2D eigenvalue weighted by molar-refractivity contribution is -0.127. The molecule has 5 aliphatic rings. The minimum Gasteiger partial charge on any atom is -0.492 e. The minimum absolute atomic E-state index is 0.0281. The van der Waals surface area contributed by atoms with Gasteiger partial charge < -0.3 is 20.5 Å². The van der Waals surface area contributed by atoms with Crippen LogP contribution in [-0.2, 0) is 0 Å². The SMILES string of the molecule is Oc1nc(NC23CC4CC(CC(O)(C4)C2)C3)[nH]c1/C=c1\ccc2c(c1)N=CN=2. The number of rotatable bonds is 3. The van der Waals surface area contributed by atoms with Crippen molar-refractivity contribution in [3.05, 3.63) is 34.5 Å². The molecule has 4 bridgehead atoms. The molecule has 4 aliphatic carbocycles. The Labute approximate surface area is 162 Å². The predicted octanol–water partition coefficient (Wildman–Crippen LogP) is 1.73. The molecule has 0 spiro atoms. The number of hydrogen-bond donors (Lipinski definition) is 4. The van der Waals surface area contributed by atoms with Gasteiger partial charge in [-0.2, -0.15) is 4.98 Å². The highest BCUT2D eigenvalue weighted by atomic mass is 16.3. The van der Waals surface area contributed by atoms with Crippen LogP contribution in [0.4, 0.5) is 11.6 Å². The highest BCUT2D eigenvalue weighted by molar-refractivity contribution is 5.67. The van der Waals surface area contributed by atoms with Crippen molar-refractivity contribution in [2.45, 2.75) is 49.7 Å². The summed E-state index contributed by atoms with van der Waals surface area (Å²) in [6, 6.07) is 5.79. The number of aromatic nitrogens is 2. The van der Waals surface area contributed by atoms with Gasteiger partial charge in [0.15, 0.2) is 0 Å². The number of aliphatic imine (C=N–C) groups is 1. The monoisotopic (exact) mass is 377 g/mol. The molecular formula is C21H23N5O2. The van der Waals surface area contributed by atoms with E-state index in [-0.39, 0.29) is 11.4 Å². The molecule has 0 amide bonds. The van der Waals surface area contributed by atoms with E-state index in [0.29, 0.717) is 23.5 Å². The van der Waals surface area contributed by atoms with Crippen LogP contribution in [0, 0.1) is 11.8 Å². The molecule has 28 heavy (non-hydrogen) atoms. The number of anilines is 1. The Hall–Kier alpha value is -2.67. The van der Waals surface area contributed by atoms with Gasteiger partial charge >= 0.3 is 0 Å². The van der Waals surface area contributed by atoms with Crippen molar-refractivity contribution in [2.75, 3.05) is 5.32 Å². The van der Waals surface area contributed by atoms with E-state index in [1.807, 2.05) is 24.3 Å². The summed E-state index contributed by atoms with van der Waals surface area (Å²) in [6.07, 6.45) is 9.40. The first kappa shape index (κ1) is 16.3. The standard InChI is InChI=1S/C21H23N5O2/c27-18-17(5-12-1-2-15-16(4-12)23-11-22-15)24-19(25-18)26-20-6-13-3-14(7-20)9-21(28,8-13)10-20/h1-2,4-5,11,13-14,27-28H,3,6-10H2,(H2,24,25,26)/b12-5+. The van der Waals surface area contributed by atoms with E-state index in [1.165, 1.54) is 6.42 Å². The smallest absolute Gasteiger partial charge is 0.238 e. The van der Waals surface area contributed by atoms with Gasteiger partial charge in [-0.15, -0.1) is 0 Å². The second kappa shape index (κ2) is 5.44. The lowest BCUT2D eigenvalue weighted by atomic mass is 9.51. The van der Waals surface area contributed by atoms with E-state index in [9.17, 15) is 10.2 Å². The van der Waals surface area contributed by atoms with Gasteiger partial charge in [0.25, 0.3) is 0 Å². The van der Waals surface area contributed by atoms with Crippen LogP contribution in [0.3, 0.4) is 0 Å². The molecule has 144 valence electrons. The van der Waals surface area contributed by atoms with Crippen molar-refractivity contribution in [3.63, 3.8) is 0 Å². The first-order valence-corrected chi connectivity index (χ1v) is 9.99. The van der Waals surface area contributed by atoms with Gasteiger partial charge in [-0.3, -0.25) is 0 Å². The Morgan fingerprint density at radius 1 is 1.18 bits per heavy atom. The second-order valence-corrected chi connectivity index (χ2v) is 9.18. The number of nitrogens with one attached hydrogen (secondary N) is 2. The molecule has 4 fully saturated rings. The van der Waals surface area contributed by atoms with Gasteiger partial charge in [0.1, 0.15) is 12.0 Å². The summed E-state index contributed by atoms with van der Waals surface area (Å²) in [4.78, 5) is 15.9. The van der Waals surface area contributed by atoms with Crippen LogP contribution >= 0.6 is 0 Å². The maximum Gasteiger partial charge on any atom is 0.238 e. The van der Waals surface area contributed by atoms with Crippen molar-refractivity contribution in [1.82, 2.24) is 9.97 Å². The van der Waals surface area contributed by atoms with E-state index in [4.69, 9.17) is 0 Å². The number of fused-ring (bicyclic) bond motifs is 1. The summed E-state index contributed by atoms with van der Waals surface area (Å²) < 4.78 is 0. The molecule has 2 unspecified atom stereocenters. The normalized spacial score (nSPS) is 35.2. The number of nitrogens with zero attached hydrogens (tertiary/aromatic N) is 3. The van der Waals surface area contributed by atoms with E-state index >= 15 is 0 Å². The number of hydrogen-bond acceptors (Lipinski definition) is 6. The number of benzene rings is 1. The maximum atomic E-state index is 10.9. The van der Waals surface area contributed by atoms with Crippen LogP contribution in [0.15, 0.2) is 28.2 Å². The van der Waals surface area contributed by atoms with E-state index < -0.39 is 5.60 Å². The second-order valence-electron chi connectivity index (χ2n) is 9.18. The topological polar surface area (TPSA) is 106 Å². The molecule has 1 aromatic heterocycles. The number of imidazole rings is 1. The van der Waals surface area contributed by atoms with E-state index in [1.54, 1.807) is 6.34 Å². The van der Waals surface area contributed by atoms with Crippen LogP contribution < -0.4 is 15.9 Å².